The summed E-state index contributed by atoms with van der Waals surface area (Å²) in [6.07, 6.45) is 12.2. The first-order valence-corrected chi connectivity index (χ1v) is 8.86. The number of rotatable bonds is 3. The Hall–Kier alpha value is -1.39. The van der Waals surface area contributed by atoms with Gasteiger partial charge < -0.3 is 0 Å². The van der Waals surface area contributed by atoms with Gasteiger partial charge in [-0.2, -0.15) is 0 Å². The van der Waals surface area contributed by atoms with E-state index in [1.807, 2.05) is 36.5 Å². The van der Waals surface area contributed by atoms with Crippen molar-refractivity contribution in [3.8, 4) is 0 Å². The topological polar surface area (TPSA) is 0 Å². The van der Waals surface area contributed by atoms with E-state index in [0.717, 1.165) is 7.76 Å². The van der Waals surface area contributed by atoms with E-state index in [2.05, 4.69) is 0 Å². The van der Waals surface area contributed by atoms with Crippen molar-refractivity contribution in [2.24, 2.45) is 0 Å². The van der Waals surface area contributed by atoms with Crippen molar-refractivity contribution in [1.29, 1.82) is 0 Å². The fourth-order valence-electron chi connectivity index (χ4n) is 2.59. The van der Waals surface area contributed by atoms with Crippen LogP contribution in [0.1, 0.15) is 12.8 Å². The molecule has 0 saturated carbocycles. The van der Waals surface area contributed by atoms with E-state index in [9.17, 15) is 17.6 Å². The Morgan fingerprint density at radius 3 is 1.62 bits per heavy atom. The summed E-state index contributed by atoms with van der Waals surface area (Å²) < 4.78 is 56.8. The van der Waals surface area contributed by atoms with E-state index < -0.39 is 41.1 Å². The van der Waals surface area contributed by atoms with Gasteiger partial charge in [-0.25, -0.2) is 0 Å². The van der Waals surface area contributed by atoms with Gasteiger partial charge in [-0.1, -0.05) is 0 Å². The minimum atomic E-state index is -2.80. The van der Waals surface area contributed by atoms with Crippen molar-refractivity contribution in [2.75, 3.05) is 0 Å². The molecule has 0 N–H and O–H groups in total. The van der Waals surface area contributed by atoms with Gasteiger partial charge in [0.2, 0.25) is 0 Å². The van der Waals surface area contributed by atoms with E-state index in [0.29, 0.717) is 12.8 Å². The van der Waals surface area contributed by atoms with Crippen LogP contribution < -0.4 is 3.87 Å². The molecule has 0 atom stereocenters. The molecule has 1 aromatic carbocycles. The van der Waals surface area contributed by atoms with Gasteiger partial charge in [-0.05, 0) is 0 Å². The molecule has 0 nitrogen and oxygen atoms in total. The summed E-state index contributed by atoms with van der Waals surface area (Å²) in [5.74, 6) is -5.15. The summed E-state index contributed by atoms with van der Waals surface area (Å²) in [4.78, 5) is 0. The number of hydrogen-bond acceptors (Lipinski definition) is 0. The maximum absolute atomic E-state index is 14.2. The molecular weight excluding hydrogens is 316 g/mol. The molecule has 107 valence electrons. The fourth-order valence-corrected chi connectivity index (χ4v) is 7.12. The first-order chi connectivity index (χ1) is 10.1. The Bertz CT molecular complexity index is 657. The second-order valence-electron chi connectivity index (χ2n) is 4.87. The summed E-state index contributed by atoms with van der Waals surface area (Å²) in [6.45, 7) is 0. The van der Waals surface area contributed by atoms with E-state index >= 15 is 0 Å². The molecule has 2 aliphatic carbocycles. The molecule has 0 spiro atoms. The van der Waals surface area contributed by atoms with Crippen LogP contribution in [0.4, 0.5) is 17.6 Å². The van der Waals surface area contributed by atoms with Crippen LogP contribution in [-0.4, -0.2) is 0 Å². The Morgan fingerprint density at radius 2 is 1.24 bits per heavy atom. The van der Waals surface area contributed by atoms with Crippen LogP contribution in [0, 0.1) is 23.3 Å². The Morgan fingerprint density at radius 1 is 0.762 bits per heavy atom. The summed E-state index contributed by atoms with van der Waals surface area (Å²) in [7, 11) is 0. The molecular formula is C16H11F4Ti. The van der Waals surface area contributed by atoms with Crippen LogP contribution >= 0.6 is 0 Å². The molecule has 0 saturated heterocycles. The van der Waals surface area contributed by atoms with Gasteiger partial charge in [0.15, 0.2) is 0 Å². The average molecular weight is 327 g/mol. The van der Waals surface area contributed by atoms with Gasteiger partial charge in [-0.3, -0.25) is 0 Å². The van der Waals surface area contributed by atoms with Crippen molar-refractivity contribution in [3.63, 3.8) is 0 Å². The second kappa shape index (κ2) is 5.78. The van der Waals surface area contributed by atoms with Crippen LogP contribution in [-0.2, 0) is 17.9 Å². The van der Waals surface area contributed by atoms with E-state index in [4.69, 9.17) is 0 Å². The van der Waals surface area contributed by atoms with Gasteiger partial charge in [-0.15, -0.1) is 0 Å². The molecule has 0 bridgehead atoms. The summed E-state index contributed by atoms with van der Waals surface area (Å²) in [5, 5.41) is 0. The first-order valence-electron chi connectivity index (χ1n) is 6.52. The Balaban J connectivity index is 2.17. The molecule has 0 aliphatic heterocycles. The number of benzene rings is 1. The predicted molar refractivity (Wildman–Crippen MR) is 69.6 cm³/mol. The average Bonchev–Trinajstić information content (AvgIpc) is 3.14. The maximum atomic E-state index is 14.2. The van der Waals surface area contributed by atoms with Crippen molar-refractivity contribution in [3.05, 3.63) is 73.5 Å². The number of hydrogen-bond donors (Lipinski definition) is 0. The standard InChI is InChI=1S/C6HF4.2C5H5.Ti/c7-3-1-4(8)6(10)2-5(3)9;2*1-2-4-5-3-1;/h1H;2*1-3H,4H2;. The van der Waals surface area contributed by atoms with Gasteiger partial charge in [0.05, 0.1) is 0 Å². The monoisotopic (exact) mass is 327 g/mol. The van der Waals surface area contributed by atoms with Crippen LogP contribution in [0.15, 0.2) is 50.3 Å². The zero-order chi connectivity index (χ0) is 15.0. The van der Waals surface area contributed by atoms with Gasteiger partial charge in [0.25, 0.3) is 0 Å². The summed E-state index contributed by atoms with van der Waals surface area (Å²) >= 11 is -2.80. The molecule has 21 heavy (non-hydrogen) atoms. The molecule has 5 heteroatoms. The minimum absolute atomic E-state index is 0.271. The molecule has 3 rings (SSSR count). The second-order valence-corrected chi connectivity index (χ2v) is 8.82. The molecule has 0 fully saturated rings. The van der Waals surface area contributed by atoms with Crippen molar-refractivity contribution in [2.45, 2.75) is 12.8 Å². The quantitative estimate of drug-likeness (QED) is 0.444. The van der Waals surface area contributed by atoms with E-state index in [1.54, 1.807) is 0 Å². The zero-order valence-corrected chi connectivity index (χ0v) is 12.5. The van der Waals surface area contributed by atoms with Crippen LogP contribution in [0.2, 0.25) is 0 Å². The third-order valence-electron chi connectivity index (χ3n) is 3.55. The van der Waals surface area contributed by atoms with Gasteiger partial charge in [0.1, 0.15) is 0 Å². The molecule has 0 amide bonds. The predicted octanol–water partition coefficient (Wildman–Crippen LogP) is 4.17. The molecule has 2 aliphatic rings. The summed E-state index contributed by atoms with van der Waals surface area (Å²) in [6, 6.07) is 0.271. The van der Waals surface area contributed by atoms with Gasteiger partial charge >= 0.3 is 126 Å². The zero-order valence-electron chi connectivity index (χ0n) is 11.0. The van der Waals surface area contributed by atoms with Crippen molar-refractivity contribution < 1.29 is 35.4 Å². The third-order valence-corrected chi connectivity index (χ3v) is 8.18. The van der Waals surface area contributed by atoms with E-state index in [1.165, 1.54) is 0 Å². The fraction of sp³-hybridized carbons (Fsp3) is 0.125. The molecule has 0 heterocycles. The van der Waals surface area contributed by atoms with E-state index in [-0.39, 0.29) is 9.93 Å². The van der Waals surface area contributed by atoms with Crippen LogP contribution in [0.3, 0.4) is 0 Å². The Labute approximate surface area is 126 Å². The Kier molecular flexibility index (Phi) is 4.00. The summed E-state index contributed by atoms with van der Waals surface area (Å²) in [5.41, 5.74) is 0. The number of halogens is 4. The third kappa shape index (κ3) is 2.58. The van der Waals surface area contributed by atoms with Crippen LogP contribution in [0.25, 0.3) is 0 Å². The molecule has 0 radical (unpaired) electrons. The van der Waals surface area contributed by atoms with Gasteiger partial charge in [0, 0.05) is 0 Å². The van der Waals surface area contributed by atoms with Crippen molar-refractivity contribution >= 4 is 3.87 Å². The normalized spacial score (nSPS) is 16.4. The first kappa shape index (κ1) is 14.5. The van der Waals surface area contributed by atoms with Crippen molar-refractivity contribution in [1.82, 2.24) is 0 Å². The SMILES string of the molecule is Fc1cc(F)c(F)[c]([Ti]([C]2=CC=CC2)[C]2=CC=CC2)c1F. The molecule has 1 aromatic rings. The number of allylic oxidation sites excluding steroid dienone is 8. The van der Waals surface area contributed by atoms with Crippen LogP contribution in [0.5, 0.6) is 0 Å². The molecule has 0 unspecified atom stereocenters. The molecule has 0 aromatic heterocycles.